The zero-order chi connectivity index (χ0) is 19.6. The van der Waals surface area contributed by atoms with Crippen LogP contribution in [0.4, 0.5) is 10.1 Å². The van der Waals surface area contributed by atoms with Crippen LogP contribution in [0.1, 0.15) is 19.8 Å². The Labute approximate surface area is 168 Å². The minimum Gasteiger partial charge on any atom is -0.379 e. The maximum atomic E-state index is 14.0. The second-order valence-corrected chi connectivity index (χ2v) is 7.32. The van der Waals surface area contributed by atoms with E-state index in [0.29, 0.717) is 5.69 Å². The molecule has 1 aromatic carbocycles. The molecule has 0 atom stereocenters. The second-order valence-electron chi connectivity index (χ2n) is 7.32. The summed E-state index contributed by atoms with van der Waals surface area (Å²) in [6, 6.07) is 7.03. The Morgan fingerprint density at radius 2 is 1.82 bits per heavy atom. The number of para-hydroxylation sites is 1. The minimum absolute atomic E-state index is 0.142. The van der Waals surface area contributed by atoms with Gasteiger partial charge in [0.25, 0.3) is 0 Å². The van der Waals surface area contributed by atoms with Crippen molar-refractivity contribution in [3.05, 3.63) is 30.1 Å². The van der Waals surface area contributed by atoms with Gasteiger partial charge in [0.2, 0.25) is 0 Å². The molecule has 0 amide bonds. The van der Waals surface area contributed by atoms with Crippen molar-refractivity contribution in [2.45, 2.75) is 19.8 Å². The molecular weight excluding hydrogens is 357 g/mol. The number of halogens is 1. The summed E-state index contributed by atoms with van der Waals surface area (Å²) in [4.78, 5) is 11.7. The van der Waals surface area contributed by atoms with Crippen LogP contribution in [0.5, 0.6) is 0 Å². The van der Waals surface area contributed by atoms with Crippen LogP contribution in [0, 0.1) is 5.82 Å². The van der Waals surface area contributed by atoms with Gasteiger partial charge < -0.3 is 19.9 Å². The van der Waals surface area contributed by atoms with Gasteiger partial charge >= 0.3 is 0 Å². The van der Waals surface area contributed by atoms with Crippen molar-refractivity contribution in [2.24, 2.45) is 4.99 Å². The Hall–Kier alpha value is -1.86. The van der Waals surface area contributed by atoms with Crippen molar-refractivity contribution in [1.29, 1.82) is 0 Å². The molecule has 3 rings (SSSR count). The number of piperazine rings is 1. The molecule has 0 unspecified atom stereocenters. The molecular formula is C21H34FN5O. The highest BCUT2D eigenvalue weighted by Gasteiger charge is 2.21. The number of morpholine rings is 1. The number of guanidine groups is 1. The zero-order valence-corrected chi connectivity index (χ0v) is 17.1. The molecule has 0 aromatic heterocycles. The van der Waals surface area contributed by atoms with Crippen molar-refractivity contribution in [2.75, 3.05) is 77.0 Å². The van der Waals surface area contributed by atoms with E-state index < -0.39 is 0 Å². The third-order valence-electron chi connectivity index (χ3n) is 5.35. The first kappa shape index (κ1) is 20.9. The summed E-state index contributed by atoms with van der Waals surface area (Å²) in [6.07, 6.45) is 2.27. The topological polar surface area (TPSA) is 43.3 Å². The SMILES string of the molecule is CCNC(=NCCCCN1CCOCC1)N1CCN(c2ccccc2F)CC1. The Kier molecular flexibility index (Phi) is 8.36. The molecule has 0 spiro atoms. The van der Waals surface area contributed by atoms with Crippen LogP contribution in [-0.4, -0.2) is 87.9 Å². The fourth-order valence-electron chi connectivity index (χ4n) is 3.75. The van der Waals surface area contributed by atoms with E-state index in [0.717, 1.165) is 84.5 Å². The molecule has 2 saturated heterocycles. The summed E-state index contributed by atoms with van der Waals surface area (Å²) in [5, 5.41) is 3.41. The Morgan fingerprint density at radius 1 is 1.07 bits per heavy atom. The highest BCUT2D eigenvalue weighted by molar-refractivity contribution is 5.80. The molecule has 0 aliphatic carbocycles. The number of nitrogens with zero attached hydrogens (tertiary/aromatic N) is 4. The van der Waals surface area contributed by atoms with Gasteiger partial charge in [-0.25, -0.2) is 4.39 Å². The van der Waals surface area contributed by atoms with E-state index >= 15 is 0 Å². The molecule has 6 nitrogen and oxygen atoms in total. The number of unbranched alkanes of at least 4 members (excludes halogenated alkanes) is 1. The lowest BCUT2D eigenvalue weighted by molar-refractivity contribution is 0.0373. The van der Waals surface area contributed by atoms with Crippen molar-refractivity contribution < 1.29 is 9.13 Å². The zero-order valence-electron chi connectivity index (χ0n) is 17.1. The molecule has 1 aromatic rings. The maximum absolute atomic E-state index is 14.0. The van der Waals surface area contributed by atoms with Crippen LogP contribution < -0.4 is 10.2 Å². The summed E-state index contributed by atoms with van der Waals surface area (Å²) < 4.78 is 19.4. The minimum atomic E-state index is -0.142. The van der Waals surface area contributed by atoms with Crippen LogP contribution in [0.2, 0.25) is 0 Å². The van der Waals surface area contributed by atoms with Crippen LogP contribution >= 0.6 is 0 Å². The van der Waals surface area contributed by atoms with Gasteiger partial charge in [0.05, 0.1) is 18.9 Å². The molecule has 1 N–H and O–H groups in total. The number of hydrogen-bond acceptors (Lipinski definition) is 4. The number of nitrogens with one attached hydrogen (secondary N) is 1. The van der Waals surface area contributed by atoms with E-state index in [1.807, 2.05) is 12.1 Å². The third kappa shape index (κ3) is 6.07. The van der Waals surface area contributed by atoms with E-state index in [2.05, 4.69) is 26.9 Å². The number of benzene rings is 1. The Bertz CT molecular complexity index is 613. The summed E-state index contributed by atoms with van der Waals surface area (Å²) in [6.45, 7) is 12.1. The van der Waals surface area contributed by atoms with Gasteiger partial charge in [-0.15, -0.1) is 0 Å². The van der Waals surface area contributed by atoms with Gasteiger partial charge in [-0.05, 0) is 38.4 Å². The van der Waals surface area contributed by atoms with E-state index in [-0.39, 0.29) is 5.82 Å². The van der Waals surface area contributed by atoms with Crippen molar-refractivity contribution in [1.82, 2.24) is 15.1 Å². The molecule has 156 valence electrons. The summed E-state index contributed by atoms with van der Waals surface area (Å²) in [7, 11) is 0. The summed E-state index contributed by atoms with van der Waals surface area (Å²) in [5.41, 5.74) is 0.701. The Balaban J connectivity index is 1.43. The average Bonchev–Trinajstić information content (AvgIpc) is 2.74. The molecule has 2 aliphatic rings. The predicted molar refractivity (Wildman–Crippen MR) is 113 cm³/mol. The fraction of sp³-hybridized carbons (Fsp3) is 0.667. The fourth-order valence-corrected chi connectivity index (χ4v) is 3.75. The first-order chi connectivity index (χ1) is 13.8. The summed E-state index contributed by atoms with van der Waals surface area (Å²) >= 11 is 0. The smallest absolute Gasteiger partial charge is 0.194 e. The molecule has 7 heteroatoms. The normalized spacial score (nSPS) is 19.1. The first-order valence-electron chi connectivity index (χ1n) is 10.6. The predicted octanol–water partition coefficient (Wildman–Crippen LogP) is 2.03. The number of anilines is 1. The third-order valence-corrected chi connectivity index (χ3v) is 5.35. The van der Waals surface area contributed by atoms with Crippen LogP contribution in [0.3, 0.4) is 0 Å². The van der Waals surface area contributed by atoms with Gasteiger partial charge in [0.15, 0.2) is 5.96 Å². The van der Waals surface area contributed by atoms with Crippen molar-refractivity contribution >= 4 is 11.6 Å². The van der Waals surface area contributed by atoms with Crippen molar-refractivity contribution in [3.63, 3.8) is 0 Å². The first-order valence-corrected chi connectivity index (χ1v) is 10.6. The van der Waals surface area contributed by atoms with E-state index in [1.54, 1.807) is 6.07 Å². The highest BCUT2D eigenvalue weighted by Crippen LogP contribution is 2.20. The van der Waals surface area contributed by atoms with Crippen molar-refractivity contribution in [3.8, 4) is 0 Å². The molecule has 0 radical (unpaired) electrons. The van der Waals surface area contributed by atoms with E-state index in [4.69, 9.17) is 9.73 Å². The maximum Gasteiger partial charge on any atom is 0.194 e. The van der Waals surface area contributed by atoms with Crippen LogP contribution in [0.25, 0.3) is 0 Å². The molecule has 2 aliphatic heterocycles. The molecule has 2 fully saturated rings. The standard InChI is InChI=1S/C21H34FN5O/c1-2-23-21(24-9-5-6-10-25-15-17-28-18-16-25)27-13-11-26(12-14-27)20-8-4-3-7-19(20)22/h3-4,7-8H,2,5-6,9-18H2,1H3,(H,23,24). The second kappa shape index (κ2) is 11.2. The monoisotopic (exact) mass is 391 g/mol. The van der Waals surface area contributed by atoms with Gasteiger partial charge in [-0.2, -0.15) is 0 Å². The van der Waals surface area contributed by atoms with Crippen LogP contribution in [-0.2, 0) is 4.74 Å². The van der Waals surface area contributed by atoms with Gasteiger partial charge in [-0.1, -0.05) is 12.1 Å². The number of aliphatic imine (C=N–C) groups is 1. The lowest BCUT2D eigenvalue weighted by atomic mass is 10.2. The number of rotatable bonds is 7. The Morgan fingerprint density at radius 3 is 2.54 bits per heavy atom. The lowest BCUT2D eigenvalue weighted by Crippen LogP contribution is -2.52. The molecule has 28 heavy (non-hydrogen) atoms. The molecule has 0 bridgehead atoms. The van der Waals surface area contributed by atoms with E-state index in [1.165, 1.54) is 12.5 Å². The lowest BCUT2D eigenvalue weighted by Gasteiger charge is -2.37. The van der Waals surface area contributed by atoms with Crippen LogP contribution in [0.15, 0.2) is 29.3 Å². The quantitative estimate of drug-likeness (QED) is 0.438. The average molecular weight is 392 g/mol. The molecule has 2 heterocycles. The van der Waals surface area contributed by atoms with Gasteiger partial charge in [0.1, 0.15) is 5.82 Å². The van der Waals surface area contributed by atoms with E-state index in [9.17, 15) is 4.39 Å². The number of ether oxygens (including phenoxy) is 1. The summed E-state index contributed by atoms with van der Waals surface area (Å²) in [5.74, 6) is 0.846. The largest absolute Gasteiger partial charge is 0.379 e. The number of hydrogen-bond donors (Lipinski definition) is 1. The highest BCUT2D eigenvalue weighted by atomic mass is 19.1. The molecule has 0 saturated carbocycles. The van der Waals surface area contributed by atoms with Gasteiger partial charge in [-0.3, -0.25) is 9.89 Å². The van der Waals surface area contributed by atoms with Gasteiger partial charge in [0, 0.05) is 52.4 Å².